The zero-order valence-corrected chi connectivity index (χ0v) is 28.6. The molecule has 10 rings (SSSR count). The molecule has 250 valence electrons. The number of benzene rings is 6. The smallest absolute Gasteiger partial charge is 0.169 e. The van der Waals surface area contributed by atoms with Gasteiger partial charge in [-0.25, -0.2) is 0 Å². The molecule has 5 nitrogen and oxygen atoms in total. The molecular formula is C47H36N4O. The summed E-state index contributed by atoms with van der Waals surface area (Å²) in [6, 6.07) is 47.7. The van der Waals surface area contributed by atoms with Crippen molar-refractivity contribution in [2.24, 2.45) is 11.0 Å². The van der Waals surface area contributed by atoms with Crippen LogP contribution < -0.4 is 5.43 Å². The predicted octanol–water partition coefficient (Wildman–Crippen LogP) is 11.2. The summed E-state index contributed by atoms with van der Waals surface area (Å²) in [4.78, 5) is 0. The number of rotatable bonds is 8. The van der Waals surface area contributed by atoms with Crippen LogP contribution in [0.5, 0.6) is 0 Å². The first kappa shape index (κ1) is 30.4. The van der Waals surface area contributed by atoms with E-state index in [4.69, 9.17) is 4.74 Å². The monoisotopic (exact) mass is 672 g/mol. The number of fused-ring (bicyclic) bond motifs is 10. The molecule has 0 spiro atoms. The molecule has 0 aliphatic heterocycles. The van der Waals surface area contributed by atoms with E-state index in [-0.39, 0.29) is 0 Å². The standard InChI is InChI=1S/C47H36N4O/c1-48-49-47(52-30-31-11-3-2-4-12-31)34-19-23-35(24-20-34)50-41-18-10-9-17-39(41)40-29-36(25-28-42(40)50)51-43-26-21-32-13-5-7-15-37(32)45(43)46-38-16-8-6-14-33(38)22-27-44(46)51/h2-29,32,37,47,49H,1,30H2. The number of para-hydroxylation sites is 1. The second kappa shape index (κ2) is 12.4. The Labute approximate surface area is 302 Å². The minimum Gasteiger partial charge on any atom is -0.348 e. The highest BCUT2D eigenvalue weighted by atomic mass is 16.5. The highest BCUT2D eigenvalue weighted by molar-refractivity contribution is 6.12. The van der Waals surface area contributed by atoms with Gasteiger partial charge in [-0.15, -0.1) is 0 Å². The molecule has 6 aromatic carbocycles. The van der Waals surface area contributed by atoms with Gasteiger partial charge in [-0.2, -0.15) is 5.10 Å². The van der Waals surface area contributed by atoms with Gasteiger partial charge in [0, 0.05) is 51.7 Å². The molecule has 2 heterocycles. The van der Waals surface area contributed by atoms with Gasteiger partial charge < -0.3 is 13.9 Å². The first-order valence-electron chi connectivity index (χ1n) is 17.9. The summed E-state index contributed by atoms with van der Waals surface area (Å²) in [5.41, 5.74) is 13.6. The minimum absolute atomic E-state index is 0.300. The van der Waals surface area contributed by atoms with Gasteiger partial charge in [0.25, 0.3) is 0 Å². The van der Waals surface area contributed by atoms with E-state index in [0.717, 1.165) is 33.5 Å². The molecule has 0 radical (unpaired) electrons. The number of nitrogens with one attached hydrogen (secondary N) is 1. The van der Waals surface area contributed by atoms with E-state index in [1.54, 1.807) is 0 Å². The fourth-order valence-electron chi connectivity index (χ4n) is 8.41. The molecule has 3 unspecified atom stereocenters. The van der Waals surface area contributed by atoms with Crippen LogP contribution >= 0.6 is 0 Å². The van der Waals surface area contributed by atoms with Crippen LogP contribution in [-0.4, -0.2) is 15.9 Å². The van der Waals surface area contributed by atoms with Crippen LogP contribution in [0.4, 0.5) is 0 Å². The summed E-state index contributed by atoms with van der Waals surface area (Å²) in [6.45, 7) is 4.11. The Hall–Kier alpha value is -6.43. The summed E-state index contributed by atoms with van der Waals surface area (Å²) in [5, 5.41) is 10.3. The van der Waals surface area contributed by atoms with Crippen LogP contribution in [0.1, 0.15) is 34.5 Å². The number of aromatic nitrogens is 2. The van der Waals surface area contributed by atoms with Gasteiger partial charge in [0.1, 0.15) is 0 Å². The lowest BCUT2D eigenvalue weighted by molar-refractivity contribution is 0.0170. The van der Waals surface area contributed by atoms with Crippen LogP contribution in [0, 0.1) is 5.92 Å². The van der Waals surface area contributed by atoms with Crippen LogP contribution in [-0.2, 0) is 11.3 Å². The molecule has 0 bridgehead atoms. The van der Waals surface area contributed by atoms with Gasteiger partial charge in [-0.3, -0.25) is 5.43 Å². The molecule has 8 aromatic rings. The quantitative estimate of drug-likeness (QED) is 0.0992. The number of ether oxygens (including phenoxy) is 1. The Bertz CT molecular complexity index is 2750. The summed E-state index contributed by atoms with van der Waals surface area (Å²) >= 11 is 0. The van der Waals surface area contributed by atoms with E-state index < -0.39 is 6.23 Å². The normalized spacial score (nSPS) is 16.8. The Kier molecular flexibility index (Phi) is 7.25. The van der Waals surface area contributed by atoms with Crippen molar-refractivity contribution in [3.05, 3.63) is 186 Å². The second-order valence-electron chi connectivity index (χ2n) is 13.7. The first-order valence-corrected chi connectivity index (χ1v) is 17.9. The van der Waals surface area contributed by atoms with Crippen molar-refractivity contribution in [1.82, 2.24) is 14.6 Å². The lowest BCUT2D eigenvalue weighted by atomic mass is 9.78. The number of hydrogen-bond donors (Lipinski definition) is 1. The van der Waals surface area contributed by atoms with E-state index in [2.05, 4.69) is 178 Å². The van der Waals surface area contributed by atoms with Gasteiger partial charge in [0.2, 0.25) is 0 Å². The SMILES string of the molecule is C=NNC(OCc1ccccc1)c1ccc(-n2c3ccccc3c3cc(-n4c5c(c6c7ccccc7ccc64)C4C=CC=CC4C=C5)ccc32)cc1. The van der Waals surface area contributed by atoms with Crippen LogP contribution in [0.25, 0.3) is 60.9 Å². The molecule has 0 saturated carbocycles. The third-order valence-corrected chi connectivity index (χ3v) is 10.8. The lowest BCUT2D eigenvalue weighted by Gasteiger charge is -2.26. The van der Waals surface area contributed by atoms with Gasteiger partial charge in [-0.05, 0) is 70.4 Å². The summed E-state index contributed by atoms with van der Waals surface area (Å²) in [6.07, 6.45) is 13.4. The van der Waals surface area contributed by atoms with Crippen LogP contribution in [0.3, 0.4) is 0 Å². The zero-order valence-electron chi connectivity index (χ0n) is 28.6. The molecule has 2 aliphatic carbocycles. The van der Waals surface area contributed by atoms with E-state index in [1.807, 2.05) is 18.2 Å². The Morgan fingerprint density at radius 1 is 0.654 bits per heavy atom. The van der Waals surface area contributed by atoms with Crippen molar-refractivity contribution < 1.29 is 4.74 Å². The van der Waals surface area contributed by atoms with Crippen molar-refractivity contribution in [3.8, 4) is 11.4 Å². The molecular weight excluding hydrogens is 637 g/mol. The molecule has 52 heavy (non-hydrogen) atoms. The number of allylic oxidation sites excluding steroid dienone is 5. The van der Waals surface area contributed by atoms with Crippen molar-refractivity contribution in [2.45, 2.75) is 18.8 Å². The van der Waals surface area contributed by atoms with Gasteiger partial charge in [-0.1, -0.05) is 121 Å². The molecule has 3 atom stereocenters. The Morgan fingerprint density at radius 3 is 2.25 bits per heavy atom. The Balaban J connectivity index is 1.10. The third-order valence-electron chi connectivity index (χ3n) is 10.8. The zero-order chi connectivity index (χ0) is 34.6. The largest absolute Gasteiger partial charge is 0.348 e. The van der Waals surface area contributed by atoms with Crippen molar-refractivity contribution in [2.75, 3.05) is 0 Å². The number of hydrazone groups is 1. The molecule has 0 amide bonds. The summed E-state index contributed by atoms with van der Waals surface area (Å²) in [5.74, 6) is 0.658. The highest BCUT2D eigenvalue weighted by Crippen LogP contribution is 2.47. The molecule has 0 saturated heterocycles. The first-order chi connectivity index (χ1) is 25.8. The number of nitrogens with zero attached hydrogens (tertiary/aromatic N) is 3. The molecule has 2 aliphatic rings. The Morgan fingerprint density at radius 2 is 1.38 bits per heavy atom. The van der Waals surface area contributed by atoms with E-state index >= 15 is 0 Å². The van der Waals surface area contributed by atoms with E-state index in [0.29, 0.717) is 18.4 Å². The van der Waals surface area contributed by atoms with Crippen LogP contribution in [0.2, 0.25) is 0 Å². The van der Waals surface area contributed by atoms with Gasteiger partial charge >= 0.3 is 0 Å². The molecule has 5 heteroatoms. The number of hydrogen-bond acceptors (Lipinski definition) is 3. The average Bonchev–Trinajstić information content (AvgIpc) is 3.73. The topological polar surface area (TPSA) is 43.5 Å². The van der Waals surface area contributed by atoms with Gasteiger partial charge in [0.15, 0.2) is 6.23 Å². The average molecular weight is 673 g/mol. The predicted molar refractivity (Wildman–Crippen MR) is 215 cm³/mol. The van der Waals surface area contributed by atoms with Gasteiger partial charge in [0.05, 0.1) is 28.9 Å². The van der Waals surface area contributed by atoms with Crippen molar-refractivity contribution >= 4 is 56.3 Å². The lowest BCUT2D eigenvalue weighted by Crippen LogP contribution is -2.18. The molecule has 2 aromatic heterocycles. The fraction of sp³-hybridized carbons (Fsp3) is 0.0851. The maximum absolute atomic E-state index is 6.23. The maximum Gasteiger partial charge on any atom is 0.169 e. The fourth-order valence-corrected chi connectivity index (χ4v) is 8.41. The molecule has 1 N–H and O–H groups in total. The van der Waals surface area contributed by atoms with Crippen molar-refractivity contribution in [3.63, 3.8) is 0 Å². The van der Waals surface area contributed by atoms with Crippen molar-refractivity contribution in [1.29, 1.82) is 0 Å². The second-order valence-corrected chi connectivity index (χ2v) is 13.7. The summed E-state index contributed by atoms with van der Waals surface area (Å²) in [7, 11) is 0. The summed E-state index contributed by atoms with van der Waals surface area (Å²) < 4.78 is 11.1. The maximum atomic E-state index is 6.23. The van der Waals surface area contributed by atoms with E-state index in [1.165, 1.54) is 43.7 Å². The third kappa shape index (κ3) is 4.85. The van der Waals surface area contributed by atoms with E-state index in [9.17, 15) is 0 Å². The highest BCUT2D eigenvalue weighted by Gasteiger charge is 2.31. The van der Waals surface area contributed by atoms with Crippen LogP contribution in [0.15, 0.2) is 169 Å². The molecule has 0 fully saturated rings. The minimum atomic E-state index is -0.420.